The molecule has 1 unspecified atom stereocenters. The van der Waals surface area contributed by atoms with E-state index in [1.807, 2.05) is 45.0 Å². The maximum atomic E-state index is 12.9. The summed E-state index contributed by atoms with van der Waals surface area (Å²) < 4.78 is 0. The Kier molecular flexibility index (Phi) is 6.13. The van der Waals surface area contributed by atoms with Crippen molar-refractivity contribution in [3.63, 3.8) is 0 Å². The second kappa shape index (κ2) is 8.42. The third-order valence-electron chi connectivity index (χ3n) is 5.24. The molecule has 0 bridgehead atoms. The molecule has 0 radical (unpaired) electrons. The minimum atomic E-state index is -0.527. The van der Waals surface area contributed by atoms with Gasteiger partial charge in [-0.2, -0.15) is 0 Å². The van der Waals surface area contributed by atoms with Crippen LogP contribution in [0.1, 0.15) is 50.2 Å². The number of rotatable bonds is 5. The molecule has 1 aliphatic rings. The summed E-state index contributed by atoms with van der Waals surface area (Å²) in [6, 6.07) is 14.6. The van der Waals surface area contributed by atoms with Crippen molar-refractivity contribution >= 4 is 29.0 Å². The number of allylic oxidation sites excluding steroid dienone is 2. The van der Waals surface area contributed by atoms with Crippen LogP contribution >= 0.6 is 11.6 Å². The van der Waals surface area contributed by atoms with E-state index in [2.05, 4.69) is 5.32 Å². The van der Waals surface area contributed by atoms with Crippen LogP contribution in [0.5, 0.6) is 0 Å². The number of Topliss-reactive ketones (excluding diaryl/α,β-unsaturated/α-hetero) is 1. The van der Waals surface area contributed by atoms with Crippen LogP contribution in [-0.4, -0.2) is 16.8 Å². The highest BCUT2D eigenvalue weighted by atomic mass is 35.5. The fourth-order valence-corrected chi connectivity index (χ4v) is 3.94. The minimum absolute atomic E-state index is 0.0566. The Balaban J connectivity index is 1.91. The van der Waals surface area contributed by atoms with E-state index in [-0.39, 0.29) is 29.3 Å². The molecule has 3 rings (SSSR count). The first-order chi connectivity index (χ1) is 13.6. The van der Waals surface area contributed by atoms with E-state index < -0.39 is 5.92 Å². The van der Waals surface area contributed by atoms with Crippen LogP contribution in [0.2, 0.25) is 5.02 Å². The van der Waals surface area contributed by atoms with Crippen LogP contribution in [0, 0.1) is 12.3 Å². The number of hydrogen-bond donors (Lipinski definition) is 2. The Hall–Kier alpha value is -2.59. The minimum Gasteiger partial charge on any atom is -0.512 e. The molecule has 1 aliphatic carbocycles. The molecule has 4 nitrogen and oxygen atoms in total. The van der Waals surface area contributed by atoms with E-state index in [9.17, 15) is 14.7 Å². The highest BCUT2D eigenvalue weighted by Crippen LogP contribution is 2.42. The van der Waals surface area contributed by atoms with Crippen molar-refractivity contribution in [2.24, 2.45) is 5.41 Å². The van der Waals surface area contributed by atoms with Gasteiger partial charge in [-0.3, -0.25) is 9.59 Å². The molecule has 0 saturated heterocycles. The Labute approximate surface area is 176 Å². The van der Waals surface area contributed by atoms with Crippen molar-refractivity contribution in [1.29, 1.82) is 0 Å². The molecular weight excluding hydrogens is 386 g/mol. The zero-order valence-electron chi connectivity index (χ0n) is 17.0. The molecule has 2 aromatic rings. The van der Waals surface area contributed by atoms with Gasteiger partial charge in [0.2, 0.25) is 5.91 Å². The highest BCUT2D eigenvalue weighted by Gasteiger charge is 2.37. The van der Waals surface area contributed by atoms with Crippen molar-refractivity contribution in [2.75, 3.05) is 5.32 Å². The maximum Gasteiger partial charge on any atom is 0.225 e. The molecule has 29 heavy (non-hydrogen) atoms. The summed E-state index contributed by atoms with van der Waals surface area (Å²) in [5, 5.41) is 14.2. The number of carbonyl (C=O) groups is 2. The van der Waals surface area contributed by atoms with Crippen molar-refractivity contribution < 1.29 is 14.7 Å². The van der Waals surface area contributed by atoms with Crippen LogP contribution in [0.3, 0.4) is 0 Å². The first-order valence-electron chi connectivity index (χ1n) is 9.72. The van der Waals surface area contributed by atoms with Crippen LogP contribution in [0.25, 0.3) is 0 Å². The number of benzene rings is 2. The van der Waals surface area contributed by atoms with Crippen molar-refractivity contribution in [2.45, 2.75) is 46.0 Å². The predicted molar refractivity (Wildman–Crippen MR) is 116 cm³/mol. The highest BCUT2D eigenvalue weighted by molar-refractivity contribution is 6.30. The summed E-state index contributed by atoms with van der Waals surface area (Å²) in [6.07, 6.45) is 0.814. The first-order valence-corrected chi connectivity index (χ1v) is 10.1. The van der Waals surface area contributed by atoms with Gasteiger partial charge in [0.05, 0.1) is 0 Å². The molecule has 1 amide bonds. The number of aliphatic hydroxyl groups excluding tert-OH is 1. The summed E-state index contributed by atoms with van der Waals surface area (Å²) in [6.45, 7) is 5.90. The van der Waals surface area contributed by atoms with Gasteiger partial charge < -0.3 is 10.4 Å². The van der Waals surface area contributed by atoms with E-state index in [1.165, 1.54) is 0 Å². The second-order valence-electron chi connectivity index (χ2n) is 8.52. The molecule has 0 heterocycles. The molecule has 0 spiro atoms. The lowest BCUT2D eigenvalue weighted by atomic mass is 9.72. The first kappa shape index (κ1) is 21.1. The van der Waals surface area contributed by atoms with Gasteiger partial charge in [-0.25, -0.2) is 0 Å². The molecule has 0 aliphatic heterocycles. The van der Waals surface area contributed by atoms with Gasteiger partial charge in [0, 0.05) is 41.5 Å². The van der Waals surface area contributed by atoms with Gasteiger partial charge in [0.15, 0.2) is 5.78 Å². The van der Waals surface area contributed by atoms with E-state index in [4.69, 9.17) is 11.6 Å². The lowest BCUT2D eigenvalue weighted by Gasteiger charge is -2.32. The Morgan fingerprint density at radius 2 is 1.72 bits per heavy atom. The summed E-state index contributed by atoms with van der Waals surface area (Å²) in [7, 11) is 0. The zero-order valence-corrected chi connectivity index (χ0v) is 17.7. The molecule has 0 saturated carbocycles. The van der Waals surface area contributed by atoms with Gasteiger partial charge in [-0.15, -0.1) is 0 Å². The van der Waals surface area contributed by atoms with E-state index in [1.54, 1.807) is 24.3 Å². The zero-order chi connectivity index (χ0) is 21.2. The molecule has 152 valence electrons. The normalized spacial score (nSPS) is 17.2. The number of carbonyl (C=O) groups excluding carboxylic acids is 2. The van der Waals surface area contributed by atoms with Gasteiger partial charge >= 0.3 is 0 Å². The van der Waals surface area contributed by atoms with Gasteiger partial charge in [0.1, 0.15) is 5.76 Å². The third kappa shape index (κ3) is 5.27. The second-order valence-corrected chi connectivity index (χ2v) is 8.96. The number of aliphatic hydroxyl groups is 1. The van der Waals surface area contributed by atoms with Crippen LogP contribution < -0.4 is 5.32 Å². The summed E-state index contributed by atoms with van der Waals surface area (Å²) in [5.74, 6) is -0.774. The Morgan fingerprint density at radius 3 is 2.31 bits per heavy atom. The number of halogens is 1. The Bertz CT molecular complexity index is 943. The number of hydrogen-bond acceptors (Lipinski definition) is 3. The quantitative estimate of drug-likeness (QED) is 0.637. The third-order valence-corrected chi connectivity index (χ3v) is 5.49. The smallest absolute Gasteiger partial charge is 0.225 e. The molecular formula is C24H26ClNO3. The SMILES string of the molecule is Cc1ccc(NC(=O)CC(C2=C(O)CC(C)(C)CC2=O)c2ccc(Cl)cc2)cc1. The standard InChI is InChI=1S/C24H26ClNO3/c1-15-4-10-18(11-5-15)26-22(29)12-19(16-6-8-17(25)9-7-16)23-20(27)13-24(2,3)14-21(23)28/h4-11,19,27H,12-14H2,1-3H3,(H,26,29). The lowest BCUT2D eigenvalue weighted by Crippen LogP contribution is -2.30. The number of anilines is 1. The number of nitrogens with one attached hydrogen (secondary N) is 1. The molecule has 0 aromatic heterocycles. The largest absolute Gasteiger partial charge is 0.512 e. The predicted octanol–water partition coefficient (Wildman–Crippen LogP) is 5.96. The molecule has 1 atom stereocenters. The van der Waals surface area contributed by atoms with E-state index in [0.29, 0.717) is 29.1 Å². The van der Waals surface area contributed by atoms with Crippen LogP contribution in [0.15, 0.2) is 59.9 Å². The van der Waals surface area contributed by atoms with Crippen LogP contribution in [-0.2, 0) is 9.59 Å². The van der Waals surface area contributed by atoms with Crippen molar-refractivity contribution in [1.82, 2.24) is 0 Å². The number of amides is 1. The molecule has 2 aromatic carbocycles. The van der Waals surface area contributed by atoms with E-state index in [0.717, 1.165) is 11.1 Å². The average molecular weight is 412 g/mol. The van der Waals surface area contributed by atoms with E-state index >= 15 is 0 Å². The maximum absolute atomic E-state index is 12.9. The van der Waals surface area contributed by atoms with Gasteiger partial charge in [0.25, 0.3) is 0 Å². The summed E-state index contributed by atoms with van der Waals surface area (Å²) in [4.78, 5) is 25.7. The molecule has 0 fully saturated rings. The Morgan fingerprint density at radius 1 is 1.10 bits per heavy atom. The van der Waals surface area contributed by atoms with Crippen molar-refractivity contribution in [3.05, 3.63) is 76.0 Å². The fraction of sp³-hybridized carbons (Fsp3) is 0.333. The lowest BCUT2D eigenvalue weighted by molar-refractivity contribution is -0.119. The summed E-state index contributed by atoms with van der Waals surface area (Å²) >= 11 is 6.02. The fourth-order valence-electron chi connectivity index (χ4n) is 3.81. The molecule has 2 N–H and O–H groups in total. The topological polar surface area (TPSA) is 66.4 Å². The van der Waals surface area contributed by atoms with Gasteiger partial charge in [-0.05, 0) is 42.2 Å². The van der Waals surface area contributed by atoms with Crippen LogP contribution in [0.4, 0.5) is 5.69 Å². The van der Waals surface area contributed by atoms with Gasteiger partial charge in [-0.1, -0.05) is 55.3 Å². The monoisotopic (exact) mass is 411 g/mol. The molecule has 5 heteroatoms. The summed E-state index contributed by atoms with van der Waals surface area (Å²) in [5.41, 5.74) is 2.63. The number of ketones is 1. The average Bonchev–Trinajstić information content (AvgIpc) is 2.62. The number of aryl methyl sites for hydroxylation is 1. The van der Waals surface area contributed by atoms with Crippen molar-refractivity contribution in [3.8, 4) is 0 Å².